The molecule has 0 saturated heterocycles. The second-order valence-corrected chi connectivity index (χ2v) is 6.17. The van der Waals surface area contributed by atoms with Crippen LogP contribution in [0.1, 0.15) is 40.0 Å². The number of nitriles is 1. The molecule has 16 heavy (non-hydrogen) atoms. The van der Waals surface area contributed by atoms with Crippen LogP contribution >= 0.6 is 0 Å². The van der Waals surface area contributed by atoms with Crippen molar-refractivity contribution in [2.45, 2.75) is 52.2 Å². The summed E-state index contributed by atoms with van der Waals surface area (Å²) in [5, 5.41) is 8.65. The Morgan fingerprint density at radius 2 is 2.19 bits per heavy atom. The lowest BCUT2D eigenvalue weighted by Crippen LogP contribution is -2.39. The fraction of sp³-hybridized carbons (Fsp3) is 0.923. The van der Waals surface area contributed by atoms with Crippen molar-refractivity contribution in [2.75, 3.05) is 6.61 Å². The first kappa shape index (κ1) is 11.9. The highest BCUT2D eigenvalue weighted by Gasteiger charge is 2.61. The van der Waals surface area contributed by atoms with Gasteiger partial charge in [-0.25, -0.2) is 0 Å². The zero-order valence-corrected chi connectivity index (χ0v) is 10.5. The molecule has 0 amide bonds. The summed E-state index contributed by atoms with van der Waals surface area (Å²) in [4.78, 5) is 0. The predicted molar refractivity (Wildman–Crippen MR) is 62.6 cm³/mol. The molecule has 3 heteroatoms. The van der Waals surface area contributed by atoms with Crippen molar-refractivity contribution in [3.8, 4) is 6.07 Å². The van der Waals surface area contributed by atoms with Gasteiger partial charge in [-0.3, -0.25) is 0 Å². The number of hydrogen-bond donors (Lipinski definition) is 1. The van der Waals surface area contributed by atoms with Gasteiger partial charge in [-0.1, -0.05) is 20.8 Å². The van der Waals surface area contributed by atoms with E-state index in [1.165, 1.54) is 12.8 Å². The maximum atomic E-state index is 8.65. The number of fused-ring (bicyclic) bond motifs is 2. The molecule has 3 nitrogen and oxygen atoms in total. The van der Waals surface area contributed by atoms with Gasteiger partial charge in [-0.15, -0.1) is 0 Å². The number of nitrogens with two attached hydrogens (primary N) is 1. The molecule has 2 aliphatic carbocycles. The molecule has 2 saturated carbocycles. The topological polar surface area (TPSA) is 59.0 Å². The largest absolute Gasteiger partial charge is 0.375 e. The molecular weight excluding hydrogens is 200 g/mol. The van der Waals surface area contributed by atoms with Crippen molar-refractivity contribution >= 4 is 0 Å². The molecule has 2 bridgehead atoms. The second-order valence-electron chi connectivity index (χ2n) is 6.17. The van der Waals surface area contributed by atoms with Crippen LogP contribution < -0.4 is 5.73 Å². The van der Waals surface area contributed by atoms with Crippen LogP contribution in [0, 0.1) is 28.1 Å². The lowest BCUT2D eigenvalue weighted by atomic mass is 9.70. The number of ether oxygens (including phenoxy) is 1. The van der Waals surface area contributed by atoms with Crippen LogP contribution in [0.25, 0.3) is 0 Å². The molecule has 0 spiro atoms. The third-order valence-electron chi connectivity index (χ3n) is 5.36. The van der Waals surface area contributed by atoms with Crippen molar-refractivity contribution < 1.29 is 4.74 Å². The van der Waals surface area contributed by atoms with E-state index in [0.29, 0.717) is 18.1 Å². The number of rotatable bonds is 3. The lowest BCUT2D eigenvalue weighted by Gasteiger charge is -2.39. The average molecular weight is 222 g/mol. The summed E-state index contributed by atoms with van der Waals surface area (Å²) in [6.07, 6.45) is 4.01. The minimum Gasteiger partial charge on any atom is -0.375 e. The maximum Gasteiger partial charge on any atom is 0.116 e. The molecular formula is C13H22N2O. The Balaban J connectivity index is 2.02. The van der Waals surface area contributed by atoms with Crippen molar-refractivity contribution in [1.29, 1.82) is 5.26 Å². The molecule has 0 aromatic heterocycles. The highest BCUT2D eigenvalue weighted by atomic mass is 16.5. The molecule has 0 aliphatic heterocycles. The Morgan fingerprint density at radius 1 is 1.50 bits per heavy atom. The summed E-state index contributed by atoms with van der Waals surface area (Å²) in [7, 11) is 0. The van der Waals surface area contributed by atoms with E-state index in [1.54, 1.807) is 0 Å². The molecule has 0 aromatic carbocycles. The van der Waals surface area contributed by atoms with Gasteiger partial charge in [0.25, 0.3) is 0 Å². The highest BCUT2D eigenvalue weighted by Crippen LogP contribution is 2.66. The van der Waals surface area contributed by atoms with Gasteiger partial charge in [-0.05, 0) is 36.0 Å². The molecule has 0 aromatic rings. The van der Waals surface area contributed by atoms with Crippen LogP contribution in [0.3, 0.4) is 0 Å². The third-order valence-corrected chi connectivity index (χ3v) is 5.36. The summed E-state index contributed by atoms with van der Waals surface area (Å²) < 4.78 is 5.88. The van der Waals surface area contributed by atoms with Crippen molar-refractivity contribution in [1.82, 2.24) is 0 Å². The molecule has 4 atom stereocenters. The van der Waals surface area contributed by atoms with E-state index in [4.69, 9.17) is 15.7 Å². The molecule has 4 unspecified atom stereocenters. The molecule has 2 N–H and O–H groups in total. The van der Waals surface area contributed by atoms with Crippen molar-refractivity contribution in [3.63, 3.8) is 0 Å². The fourth-order valence-corrected chi connectivity index (χ4v) is 3.64. The minimum atomic E-state index is -0.481. The van der Waals surface area contributed by atoms with Gasteiger partial charge in [-0.2, -0.15) is 5.26 Å². The summed E-state index contributed by atoms with van der Waals surface area (Å²) in [6, 6.07) is 1.54. The molecule has 0 heterocycles. The van der Waals surface area contributed by atoms with Crippen LogP contribution in [0.4, 0.5) is 0 Å². The standard InChI is InChI=1S/C13H22N2O/c1-12(2)9-4-5-13(12,3)11(6-9)16-8-10(15)7-14/h9-11H,4-6,8,15H2,1-3H3. The van der Waals surface area contributed by atoms with E-state index < -0.39 is 6.04 Å². The van der Waals surface area contributed by atoms with E-state index in [9.17, 15) is 0 Å². The first-order valence-corrected chi connectivity index (χ1v) is 6.18. The normalized spacial score (nSPS) is 41.9. The average Bonchev–Trinajstić information content (AvgIpc) is 2.58. The zero-order valence-electron chi connectivity index (χ0n) is 10.5. The smallest absolute Gasteiger partial charge is 0.116 e. The Hall–Kier alpha value is -0.590. The van der Waals surface area contributed by atoms with Crippen LogP contribution in [-0.4, -0.2) is 18.8 Å². The second kappa shape index (κ2) is 3.72. The lowest BCUT2D eigenvalue weighted by molar-refractivity contribution is -0.0473. The van der Waals surface area contributed by atoms with Crippen molar-refractivity contribution in [2.24, 2.45) is 22.5 Å². The Morgan fingerprint density at radius 3 is 2.62 bits per heavy atom. The maximum absolute atomic E-state index is 8.65. The first-order chi connectivity index (χ1) is 7.41. The first-order valence-electron chi connectivity index (χ1n) is 6.18. The van der Waals surface area contributed by atoms with Gasteiger partial charge in [0.05, 0.1) is 18.8 Å². The summed E-state index contributed by atoms with van der Waals surface area (Å²) >= 11 is 0. The molecule has 0 radical (unpaired) electrons. The van der Waals surface area contributed by atoms with Gasteiger partial charge in [0.1, 0.15) is 6.04 Å². The molecule has 2 rings (SSSR count). The Bertz CT molecular complexity index is 320. The molecule has 2 aliphatic rings. The van der Waals surface area contributed by atoms with Gasteiger partial charge >= 0.3 is 0 Å². The Kier molecular flexibility index (Phi) is 2.76. The van der Waals surface area contributed by atoms with Crippen molar-refractivity contribution in [3.05, 3.63) is 0 Å². The SMILES string of the molecule is CC1(C)C2CCC1(C)C(OCC(N)C#N)C2. The van der Waals surface area contributed by atoms with Crippen LogP contribution in [0.2, 0.25) is 0 Å². The van der Waals surface area contributed by atoms with E-state index in [2.05, 4.69) is 20.8 Å². The van der Waals surface area contributed by atoms with Gasteiger partial charge in [0.2, 0.25) is 0 Å². The summed E-state index contributed by atoms with van der Waals surface area (Å²) in [5.74, 6) is 0.779. The predicted octanol–water partition coefficient (Wildman–Crippen LogP) is 2.07. The summed E-state index contributed by atoms with van der Waals surface area (Å²) in [6.45, 7) is 7.43. The van der Waals surface area contributed by atoms with Gasteiger partial charge < -0.3 is 10.5 Å². The minimum absolute atomic E-state index is 0.271. The van der Waals surface area contributed by atoms with Gasteiger partial charge in [0.15, 0.2) is 0 Å². The zero-order chi connectivity index (χ0) is 12.0. The van der Waals surface area contributed by atoms with Crippen LogP contribution in [-0.2, 0) is 4.74 Å². The quantitative estimate of drug-likeness (QED) is 0.795. The van der Waals surface area contributed by atoms with Crippen LogP contribution in [0.15, 0.2) is 0 Å². The van der Waals surface area contributed by atoms with Gasteiger partial charge in [0, 0.05) is 0 Å². The Labute approximate surface area is 98.0 Å². The number of nitrogens with zero attached hydrogens (tertiary/aromatic N) is 1. The van der Waals surface area contributed by atoms with E-state index in [0.717, 1.165) is 12.3 Å². The van der Waals surface area contributed by atoms with E-state index in [-0.39, 0.29) is 5.41 Å². The monoisotopic (exact) mass is 222 g/mol. The van der Waals surface area contributed by atoms with E-state index >= 15 is 0 Å². The van der Waals surface area contributed by atoms with E-state index in [1.807, 2.05) is 6.07 Å². The third kappa shape index (κ3) is 1.48. The summed E-state index contributed by atoms with van der Waals surface area (Å²) in [5.41, 5.74) is 6.21. The molecule has 2 fully saturated rings. The fourth-order valence-electron chi connectivity index (χ4n) is 3.64. The molecule has 90 valence electrons. The highest BCUT2D eigenvalue weighted by molar-refractivity contribution is 5.11. The number of hydrogen-bond acceptors (Lipinski definition) is 3. The van der Waals surface area contributed by atoms with Crippen LogP contribution in [0.5, 0.6) is 0 Å².